The zero-order valence-electron chi connectivity index (χ0n) is 21.4. The molecule has 5 rings (SSSR count). The molecular formula is C31H23FN2O6S. The van der Waals surface area contributed by atoms with Crippen molar-refractivity contribution in [1.29, 1.82) is 0 Å². The van der Waals surface area contributed by atoms with Gasteiger partial charge in [-0.1, -0.05) is 18.2 Å². The number of amides is 1. The van der Waals surface area contributed by atoms with Crippen LogP contribution in [0.15, 0.2) is 127 Å². The van der Waals surface area contributed by atoms with E-state index in [-0.39, 0.29) is 0 Å². The predicted octanol–water partition coefficient (Wildman–Crippen LogP) is 8.63. The second kappa shape index (κ2) is 13.1. The summed E-state index contributed by atoms with van der Waals surface area (Å²) in [5, 5.41) is 2.05. The number of benzene rings is 5. The summed E-state index contributed by atoms with van der Waals surface area (Å²) in [4.78, 5) is 10.5. The highest BCUT2D eigenvalue weighted by Crippen LogP contribution is 2.29. The Morgan fingerprint density at radius 1 is 0.512 bits per heavy atom. The first kappa shape index (κ1) is 27.2. The SMILES string of the molecule is O=C(F)Nc1ccc(Oc2ccc(Oc3ccc(NS(=O)Oc4ccc(Oc5ccccc5)cc4)cc3)cc2)cc1. The van der Waals surface area contributed by atoms with Crippen molar-refractivity contribution in [3.8, 4) is 40.2 Å². The highest BCUT2D eigenvalue weighted by atomic mass is 32.2. The second-order valence-corrected chi connectivity index (χ2v) is 9.27. The van der Waals surface area contributed by atoms with Gasteiger partial charge in [-0.2, -0.15) is 4.21 Å². The molecule has 0 aliphatic rings. The van der Waals surface area contributed by atoms with Gasteiger partial charge in [0.25, 0.3) is 0 Å². The standard InChI is InChI=1S/C31H23FN2O6S/c32-31(35)33-22-6-10-25(11-7-22)38-27-14-16-28(17-15-27)39-26-12-8-23(9-13-26)34-41(36)40-30-20-18-29(19-21-30)37-24-4-2-1-3-5-24/h1-21,34H,(H,33,35). The molecule has 2 N–H and O–H groups in total. The number of carbonyl (C=O) groups is 1. The molecule has 5 aromatic rings. The van der Waals surface area contributed by atoms with Gasteiger partial charge >= 0.3 is 17.4 Å². The average molecular weight is 571 g/mol. The molecule has 8 nitrogen and oxygen atoms in total. The number of halogens is 1. The number of hydrogen-bond acceptors (Lipinski definition) is 6. The van der Waals surface area contributed by atoms with Gasteiger partial charge in [-0.15, -0.1) is 4.39 Å². The largest absolute Gasteiger partial charge is 0.457 e. The molecule has 1 unspecified atom stereocenters. The van der Waals surface area contributed by atoms with Gasteiger partial charge in [-0.3, -0.25) is 10.0 Å². The number of carbonyl (C=O) groups excluding carboxylic acids is 1. The van der Waals surface area contributed by atoms with E-state index in [1.54, 1.807) is 84.9 Å². The summed E-state index contributed by atoms with van der Waals surface area (Å²) in [6, 6.07) is 36.4. The Bertz CT molecular complexity index is 1600. The molecule has 10 heteroatoms. The lowest BCUT2D eigenvalue weighted by Crippen LogP contribution is -2.10. The van der Waals surface area contributed by atoms with E-state index in [9.17, 15) is 13.4 Å². The fourth-order valence-corrected chi connectivity index (χ4v) is 4.21. The van der Waals surface area contributed by atoms with Crippen LogP contribution in [-0.4, -0.2) is 10.4 Å². The van der Waals surface area contributed by atoms with Crippen LogP contribution >= 0.6 is 0 Å². The Labute approximate surface area is 238 Å². The molecular weight excluding hydrogens is 547 g/mol. The van der Waals surface area contributed by atoms with Crippen molar-refractivity contribution in [1.82, 2.24) is 0 Å². The van der Waals surface area contributed by atoms with Crippen LogP contribution in [0.5, 0.6) is 40.2 Å². The van der Waals surface area contributed by atoms with Crippen LogP contribution < -0.4 is 28.4 Å². The number of rotatable bonds is 11. The highest BCUT2D eigenvalue weighted by molar-refractivity contribution is 7.81. The molecule has 0 heterocycles. The van der Waals surface area contributed by atoms with Crippen LogP contribution in [0.3, 0.4) is 0 Å². The van der Waals surface area contributed by atoms with E-state index in [4.69, 9.17) is 18.4 Å². The third kappa shape index (κ3) is 8.32. The third-order valence-electron chi connectivity index (χ3n) is 5.42. The van der Waals surface area contributed by atoms with Gasteiger partial charge in [0.2, 0.25) is 0 Å². The first-order valence-electron chi connectivity index (χ1n) is 12.3. The number of anilines is 2. The molecule has 0 radical (unpaired) electrons. The van der Waals surface area contributed by atoms with E-state index >= 15 is 0 Å². The van der Waals surface area contributed by atoms with Gasteiger partial charge in [0.15, 0.2) is 0 Å². The second-order valence-electron chi connectivity index (χ2n) is 8.43. The summed E-state index contributed by atoms with van der Waals surface area (Å²) in [5.41, 5.74) is 0.911. The maximum Gasteiger partial charge on any atom is 0.401 e. The van der Waals surface area contributed by atoms with E-state index in [1.165, 1.54) is 12.1 Å². The fraction of sp³-hybridized carbons (Fsp3) is 0. The van der Waals surface area contributed by atoms with Crippen LogP contribution in [0.1, 0.15) is 0 Å². The highest BCUT2D eigenvalue weighted by Gasteiger charge is 2.06. The van der Waals surface area contributed by atoms with Gasteiger partial charge in [0.1, 0.15) is 40.2 Å². The van der Waals surface area contributed by atoms with Crippen molar-refractivity contribution in [2.45, 2.75) is 0 Å². The topological polar surface area (TPSA) is 95.1 Å². The van der Waals surface area contributed by atoms with Gasteiger partial charge in [0.05, 0.1) is 0 Å². The molecule has 0 bridgehead atoms. The molecule has 206 valence electrons. The minimum absolute atomic E-state index is 0.327. The lowest BCUT2D eigenvalue weighted by Gasteiger charge is -2.10. The number of para-hydroxylation sites is 1. The quantitative estimate of drug-likeness (QED) is 0.122. The lowest BCUT2D eigenvalue weighted by molar-refractivity contribution is 0.235. The summed E-state index contributed by atoms with van der Waals surface area (Å²) in [6.07, 6.45) is -1.63. The van der Waals surface area contributed by atoms with Gasteiger partial charge in [-0.05, 0) is 109 Å². The number of ether oxygens (including phenoxy) is 3. The van der Waals surface area contributed by atoms with Crippen molar-refractivity contribution in [3.63, 3.8) is 0 Å². The van der Waals surface area contributed by atoms with E-state index < -0.39 is 17.4 Å². The van der Waals surface area contributed by atoms with Crippen molar-refractivity contribution in [2.75, 3.05) is 10.0 Å². The maximum absolute atomic E-state index is 12.4. The first-order valence-corrected chi connectivity index (χ1v) is 13.4. The molecule has 0 fully saturated rings. The van der Waals surface area contributed by atoms with E-state index in [1.807, 2.05) is 35.6 Å². The zero-order chi connectivity index (χ0) is 28.4. The first-order chi connectivity index (χ1) is 20.0. The van der Waals surface area contributed by atoms with Crippen molar-refractivity contribution >= 4 is 28.8 Å². The average Bonchev–Trinajstić information content (AvgIpc) is 2.97. The molecule has 0 spiro atoms. The molecule has 0 saturated carbocycles. The van der Waals surface area contributed by atoms with Crippen molar-refractivity contribution in [2.24, 2.45) is 0 Å². The summed E-state index contributed by atoms with van der Waals surface area (Å²) in [7, 11) is 0. The summed E-state index contributed by atoms with van der Waals surface area (Å²) in [6.45, 7) is 0. The van der Waals surface area contributed by atoms with Crippen LogP contribution in [0.2, 0.25) is 0 Å². The molecule has 0 aliphatic carbocycles. The van der Waals surface area contributed by atoms with E-state index in [0.29, 0.717) is 45.9 Å². The minimum Gasteiger partial charge on any atom is -0.457 e. The molecule has 0 aliphatic heterocycles. The van der Waals surface area contributed by atoms with E-state index in [2.05, 4.69) is 4.72 Å². The van der Waals surface area contributed by atoms with Gasteiger partial charge in [-0.25, -0.2) is 4.79 Å². The molecule has 5 aromatic carbocycles. The normalized spacial score (nSPS) is 11.1. The number of nitrogens with one attached hydrogen (secondary N) is 2. The zero-order valence-corrected chi connectivity index (χ0v) is 22.2. The van der Waals surface area contributed by atoms with Crippen LogP contribution in [0, 0.1) is 0 Å². The monoisotopic (exact) mass is 570 g/mol. The molecule has 0 saturated heterocycles. The minimum atomic E-state index is -1.82. The van der Waals surface area contributed by atoms with Crippen molar-refractivity contribution in [3.05, 3.63) is 127 Å². The lowest BCUT2D eigenvalue weighted by atomic mass is 10.3. The van der Waals surface area contributed by atoms with E-state index in [0.717, 1.165) is 5.75 Å². The smallest absolute Gasteiger partial charge is 0.401 e. The van der Waals surface area contributed by atoms with Crippen LogP contribution in [-0.2, 0) is 11.3 Å². The molecule has 1 atom stereocenters. The third-order valence-corrected chi connectivity index (χ3v) is 6.17. The summed E-state index contributed by atoms with van der Waals surface area (Å²) >= 11 is -1.82. The Morgan fingerprint density at radius 2 is 0.878 bits per heavy atom. The Morgan fingerprint density at radius 3 is 1.32 bits per heavy atom. The van der Waals surface area contributed by atoms with Gasteiger partial charge < -0.3 is 18.4 Å². The Hall–Kier alpha value is -5.35. The molecule has 1 amide bonds. The Balaban J connectivity index is 1.09. The van der Waals surface area contributed by atoms with Crippen LogP contribution in [0.25, 0.3) is 0 Å². The summed E-state index contributed by atoms with van der Waals surface area (Å²) < 4.78 is 50.4. The summed E-state index contributed by atoms with van der Waals surface area (Å²) in [5.74, 6) is 4.04. The fourth-order valence-electron chi connectivity index (χ4n) is 3.55. The predicted molar refractivity (Wildman–Crippen MR) is 155 cm³/mol. The molecule has 41 heavy (non-hydrogen) atoms. The van der Waals surface area contributed by atoms with Crippen LogP contribution in [0.4, 0.5) is 20.6 Å². The van der Waals surface area contributed by atoms with Crippen molar-refractivity contribution < 1.29 is 31.8 Å². The maximum atomic E-state index is 12.4. The number of hydrogen-bond donors (Lipinski definition) is 2. The van der Waals surface area contributed by atoms with Gasteiger partial charge in [0, 0.05) is 11.4 Å². The molecule has 0 aromatic heterocycles. The Kier molecular flexibility index (Phi) is 8.72.